The zero-order valence-electron chi connectivity index (χ0n) is 12.8. The number of thiazole rings is 1. The van der Waals surface area contributed by atoms with E-state index in [-0.39, 0.29) is 30.7 Å². The van der Waals surface area contributed by atoms with E-state index in [0.29, 0.717) is 12.1 Å². The van der Waals surface area contributed by atoms with Gasteiger partial charge in [0.15, 0.2) is 0 Å². The molecule has 0 bridgehead atoms. The van der Waals surface area contributed by atoms with Crippen molar-refractivity contribution in [3.05, 3.63) is 40.9 Å². The van der Waals surface area contributed by atoms with Crippen LogP contribution in [0.4, 0.5) is 0 Å². The number of nitrogens with one attached hydrogen (secondary N) is 1. The minimum atomic E-state index is -0.412. The van der Waals surface area contributed by atoms with Crippen molar-refractivity contribution in [2.45, 2.75) is 26.3 Å². The van der Waals surface area contributed by atoms with Gasteiger partial charge in [0.2, 0.25) is 0 Å². The summed E-state index contributed by atoms with van der Waals surface area (Å²) in [7, 11) is 0. The first-order valence-electron chi connectivity index (χ1n) is 6.46. The number of nitrogens with two attached hydrogens (primary N) is 1. The van der Waals surface area contributed by atoms with Crippen LogP contribution in [0.2, 0.25) is 0 Å². The van der Waals surface area contributed by atoms with Crippen LogP contribution in [0.3, 0.4) is 0 Å². The number of aromatic nitrogens is 1. The second-order valence-corrected chi connectivity index (χ2v) is 6.28. The third-order valence-electron chi connectivity index (χ3n) is 2.95. The van der Waals surface area contributed by atoms with E-state index >= 15 is 0 Å². The number of rotatable bonds is 4. The van der Waals surface area contributed by atoms with Gasteiger partial charge >= 0.3 is 0 Å². The average Bonchev–Trinajstić information content (AvgIpc) is 2.85. The summed E-state index contributed by atoms with van der Waals surface area (Å²) >= 11 is 1.58. The van der Waals surface area contributed by atoms with Gasteiger partial charge < -0.3 is 11.1 Å². The summed E-state index contributed by atoms with van der Waals surface area (Å²) in [5.74, 6) is -0.115. The molecule has 3 N–H and O–H groups in total. The molecule has 7 heteroatoms. The molecular formula is C15H21Cl2N3OS. The molecule has 1 aromatic heterocycles. The Morgan fingerprint density at radius 2 is 2.05 bits per heavy atom. The van der Waals surface area contributed by atoms with Crippen LogP contribution in [0, 0.1) is 6.92 Å². The van der Waals surface area contributed by atoms with E-state index in [0.717, 1.165) is 16.3 Å². The van der Waals surface area contributed by atoms with Gasteiger partial charge in [-0.05, 0) is 32.9 Å². The van der Waals surface area contributed by atoms with Gasteiger partial charge in [0.25, 0.3) is 5.91 Å². The Bertz CT molecular complexity index is 629. The van der Waals surface area contributed by atoms with Gasteiger partial charge in [0.05, 0.1) is 0 Å². The zero-order chi connectivity index (χ0) is 14.8. The molecule has 22 heavy (non-hydrogen) atoms. The topological polar surface area (TPSA) is 68.0 Å². The van der Waals surface area contributed by atoms with E-state index in [9.17, 15) is 4.79 Å². The maximum absolute atomic E-state index is 12.2. The number of benzene rings is 1. The maximum atomic E-state index is 12.2. The van der Waals surface area contributed by atoms with Crippen molar-refractivity contribution < 1.29 is 4.79 Å². The third kappa shape index (κ3) is 5.25. The summed E-state index contributed by atoms with van der Waals surface area (Å²) in [5, 5.41) is 5.85. The van der Waals surface area contributed by atoms with E-state index in [1.54, 1.807) is 17.4 Å². The lowest BCUT2D eigenvalue weighted by atomic mass is 10.0. The van der Waals surface area contributed by atoms with Crippen LogP contribution in [0.1, 0.15) is 29.9 Å². The number of halogens is 2. The molecule has 0 atom stereocenters. The highest BCUT2D eigenvalue weighted by molar-refractivity contribution is 7.13. The molecule has 0 unspecified atom stereocenters. The average molecular weight is 362 g/mol. The molecule has 0 aliphatic heterocycles. The largest absolute Gasteiger partial charge is 0.346 e. The van der Waals surface area contributed by atoms with E-state index < -0.39 is 5.54 Å². The molecule has 1 amide bonds. The number of hydrogen-bond acceptors (Lipinski definition) is 4. The summed E-state index contributed by atoms with van der Waals surface area (Å²) in [4.78, 5) is 16.7. The molecule has 122 valence electrons. The molecule has 0 saturated heterocycles. The predicted octanol–water partition coefficient (Wildman–Crippen LogP) is 3.43. The Hall–Kier alpha value is -1.14. The molecule has 4 nitrogen and oxygen atoms in total. The van der Waals surface area contributed by atoms with Crippen LogP contribution in [-0.4, -0.2) is 23.0 Å². The summed E-state index contributed by atoms with van der Waals surface area (Å²) in [6.45, 7) is 6.16. The lowest BCUT2D eigenvalue weighted by Gasteiger charge is -2.24. The van der Waals surface area contributed by atoms with E-state index in [1.165, 1.54) is 0 Å². The highest BCUT2D eigenvalue weighted by Gasteiger charge is 2.19. The highest BCUT2D eigenvalue weighted by atomic mass is 35.5. The molecule has 2 rings (SSSR count). The van der Waals surface area contributed by atoms with Gasteiger partial charge in [0.1, 0.15) is 5.01 Å². The maximum Gasteiger partial charge on any atom is 0.251 e. The van der Waals surface area contributed by atoms with Crippen LogP contribution in [-0.2, 0) is 0 Å². The Morgan fingerprint density at radius 3 is 2.59 bits per heavy atom. The molecule has 0 radical (unpaired) electrons. The lowest BCUT2D eigenvalue weighted by molar-refractivity contribution is 0.0916. The molecule has 1 aromatic carbocycles. The standard InChI is InChI=1S/C15H19N3OS.2ClH/c1-10-8-20-14(17-10)12-6-4-5-11(7-12)13(19)18-15(2,3)9-16;;/h4-8H,9,16H2,1-3H3,(H,18,19);2*1H. The van der Waals surface area contributed by atoms with Crippen molar-refractivity contribution in [2.75, 3.05) is 6.54 Å². The molecule has 0 spiro atoms. The zero-order valence-corrected chi connectivity index (χ0v) is 15.2. The van der Waals surface area contributed by atoms with E-state index in [2.05, 4.69) is 10.3 Å². The van der Waals surface area contributed by atoms with Crippen molar-refractivity contribution in [3.63, 3.8) is 0 Å². The van der Waals surface area contributed by atoms with Crippen LogP contribution >= 0.6 is 36.2 Å². The van der Waals surface area contributed by atoms with Crippen LogP contribution < -0.4 is 11.1 Å². The normalized spacial score (nSPS) is 10.4. The Morgan fingerprint density at radius 1 is 1.36 bits per heavy atom. The molecule has 0 aliphatic rings. The molecule has 1 heterocycles. The van der Waals surface area contributed by atoms with Gasteiger partial charge in [-0.15, -0.1) is 36.2 Å². The van der Waals surface area contributed by atoms with Crippen molar-refractivity contribution >= 4 is 42.1 Å². The Balaban J connectivity index is 0.00000220. The van der Waals surface area contributed by atoms with Crippen molar-refractivity contribution in [1.82, 2.24) is 10.3 Å². The van der Waals surface area contributed by atoms with Gasteiger partial charge in [-0.1, -0.05) is 12.1 Å². The summed E-state index contributed by atoms with van der Waals surface area (Å²) in [6.07, 6.45) is 0. The molecule has 0 fully saturated rings. The van der Waals surface area contributed by atoms with Gasteiger partial charge in [-0.3, -0.25) is 4.79 Å². The minimum absolute atomic E-state index is 0. The molecule has 2 aromatic rings. The first kappa shape index (κ1) is 20.9. The number of carbonyl (C=O) groups excluding carboxylic acids is 1. The highest BCUT2D eigenvalue weighted by Crippen LogP contribution is 2.24. The quantitative estimate of drug-likeness (QED) is 0.876. The van der Waals surface area contributed by atoms with Gasteiger partial charge in [-0.25, -0.2) is 4.98 Å². The number of carbonyl (C=O) groups is 1. The Labute approximate surface area is 147 Å². The van der Waals surface area contributed by atoms with Gasteiger partial charge in [0, 0.05) is 34.3 Å². The number of amides is 1. The van der Waals surface area contributed by atoms with Crippen molar-refractivity contribution in [1.29, 1.82) is 0 Å². The predicted molar refractivity (Wildman–Crippen MR) is 97.4 cm³/mol. The number of hydrogen-bond donors (Lipinski definition) is 2. The lowest BCUT2D eigenvalue weighted by Crippen LogP contribution is -2.48. The fraction of sp³-hybridized carbons (Fsp3) is 0.333. The van der Waals surface area contributed by atoms with Crippen molar-refractivity contribution in [3.8, 4) is 10.6 Å². The SMILES string of the molecule is Cc1csc(-c2cccc(C(=O)NC(C)(C)CN)c2)n1.Cl.Cl. The summed E-state index contributed by atoms with van der Waals surface area (Å²) in [5.41, 5.74) is 7.79. The second kappa shape index (κ2) is 8.48. The van der Waals surface area contributed by atoms with Crippen molar-refractivity contribution in [2.24, 2.45) is 5.73 Å². The summed E-state index contributed by atoms with van der Waals surface area (Å²) in [6, 6.07) is 7.49. The summed E-state index contributed by atoms with van der Waals surface area (Å²) < 4.78 is 0. The van der Waals surface area contributed by atoms with Crippen LogP contribution in [0.15, 0.2) is 29.6 Å². The monoisotopic (exact) mass is 361 g/mol. The molecule has 0 aliphatic carbocycles. The fourth-order valence-corrected chi connectivity index (χ4v) is 2.51. The van der Waals surface area contributed by atoms with Crippen LogP contribution in [0.25, 0.3) is 10.6 Å². The first-order chi connectivity index (χ1) is 9.41. The second-order valence-electron chi connectivity index (χ2n) is 5.42. The van der Waals surface area contributed by atoms with Gasteiger partial charge in [-0.2, -0.15) is 0 Å². The van der Waals surface area contributed by atoms with E-state index in [1.807, 2.05) is 44.4 Å². The number of aryl methyl sites for hydroxylation is 1. The number of nitrogens with zero attached hydrogens (tertiary/aromatic N) is 1. The molecule has 0 saturated carbocycles. The van der Waals surface area contributed by atoms with Crippen LogP contribution in [0.5, 0.6) is 0 Å². The molecular weight excluding hydrogens is 341 g/mol. The van der Waals surface area contributed by atoms with E-state index in [4.69, 9.17) is 5.73 Å². The Kier molecular flexibility index (Phi) is 8.04. The first-order valence-corrected chi connectivity index (χ1v) is 7.34. The third-order valence-corrected chi connectivity index (χ3v) is 3.96. The fourth-order valence-electron chi connectivity index (χ4n) is 1.71. The smallest absolute Gasteiger partial charge is 0.251 e. The minimum Gasteiger partial charge on any atom is -0.346 e.